The first-order chi connectivity index (χ1) is 11.8. The SMILES string of the molecule is COc1ccc(CC(C#N)=CNc2ccccc2)c2cccnc12. The molecule has 118 valence electrons. The van der Waals surface area contributed by atoms with E-state index in [1.165, 1.54) is 0 Å². The van der Waals surface area contributed by atoms with Gasteiger partial charge in [0.15, 0.2) is 0 Å². The lowest BCUT2D eigenvalue weighted by atomic mass is 10.0. The van der Waals surface area contributed by atoms with Gasteiger partial charge in [0.05, 0.1) is 13.2 Å². The molecule has 3 aromatic rings. The monoisotopic (exact) mass is 315 g/mol. The Labute approximate surface area is 141 Å². The zero-order valence-corrected chi connectivity index (χ0v) is 13.4. The highest BCUT2D eigenvalue weighted by Gasteiger charge is 2.09. The van der Waals surface area contributed by atoms with E-state index < -0.39 is 0 Å². The number of nitrogens with one attached hydrogen (secondary N) is 1. The first-order valence-electron chi connectivity index (χ1n) is 7.63. The summed E-state index contributed by atoms with van der Waals surface area (Å²) in [6.07, 6.45) is 4.02. The number of para-hydroxylation sites is 1. The van der Waals surface area contributed by atoms with Gasteiger partial charge in [0.1, 0.15) is 11.3 Å². The van der Waals surface area contributed by atoms with Crippen molar-refractivity contribution in [2.24, 2.45) is 0 Å². The second kappa shape index (κ2) is 7.30. The Morgan fingerprint density at radius 1 is 1.17 bits per heavy atom. The van der Waals surface area contributed by atoms with E-state index in [0.29, 0.717) is 12.0 Å². The molecule has 1 heterocycles. The highest BCUT2D eigenvalue weighted by Crippen LogP contribution is 2.27. The van der Waals surface area contributed by atoms with E-state index in [4.69, 9.17) is 4.74 Å². The van der Waals surface area contributed by atoms with Gasteiger partial charge in [0.25, 0.3) is 0 Å². The standard InChI is InChI=1S/C20H17N3O/c1-24-19-10-9-16(18-8-5-11-22-20(18)19)12-15(13-21)14-23-17-6-3-2-4-7-17/h2-11,14,23H,12H2,1H3. The van der Waals surface area contributed by atoms with E-state index >= 15 is 0 Å². The van der Waals surface area contributed by atoms with Crippen LogP contribution < -0.4 is 10.1 Å². The van der Waals surface area contributed by atoms with Crippen LogP contribution in [0.4, 0.5) is 5.69 Å². The number of pyridine rings is 1. The fraction of sp³-hybridized carbons (Fsp3) is 0.100. The number of allylic oxidation sites excluding steroid dienone is 1. The second-order valence-corrected chi connectivity index (χ2v) is 5.30. The van der Waals surface area contributed by atoms with E-state index in [1.54, 1.807) is 19.5 Å². The van der Waals surface area contributed by atoms with Crippen molar-refractivity contribution < 1.29 is 4.74 Å². The molecule has 0 aliphatic heterocycles. The molecule has 0 amide bonds. The third-order valence-corrected chi connectivity index (χ3v) is 3.75. The minimum Gasteiger partial charge on any atom is -0.494 e. The second-order valence-electron chi connectivity index (χ2n) is 5.30. The average Bonchev–Trinajstić information content (AvgIpc) is 2.66. The van der Waals surface area contributed by atoms with Crippen LogP contribution in [-0.4, -0.2) is 12.1 Å². The number of anilines is 1. The smallest absolute Gasteiger partial charge is 0.145 e. The molecule has 0 spiro atoms. The summed E-state index contributed by atoms with van der Waals surface area (Å²) in [5.41, 5.74) is 3.45. The Bertz CT molecular complexity index is 911. The molecule has 2 aromatic carbocycles. The minimum atomic E-state index is 0.530. The van der Waals surface area contributed by atoms with Crippen LogP contribution >= 0.6 is 0 Å². The Morgan fingerprint density at radius 2 is 2.00 bits per heavy atom. The van der Waals surface area contributed by atoms with Crippen molar-refractivity contribution in [1.82, 2.24) is 4.98 Å². The summed E-state index contributed by atoms with van der Waals surface area (Å²) in [4.78, 5) is 4.40. The summed E-state index contributed by atoms with van der Waals surface area (Å²) < 4.78 is 5.36. The molecule has 0 radical (unpaired) electrons. The number of rotatable bonds is 5. The van der Waals surface area contributed by atoms with Gasteiger partial charge in [-0.2, -0.15) is 5.26 Å². The van der Waals surface area contributed by atoms with Gasteiger partial charge in [0.2, 0.25) is 0 Å². The van der Waals surface area contributed by atoms with Crippen molar-refractivity contribution in [3.8, 4) is 11.8 Å². The lowest BCUT2D eigenvalue weighted by molar-refractivity contribution is 0.419. The average molecular weight is 315 g/mol. The number of hydrogen-bond donors (Lipinski definition) is 1. The van der Waals surface area contributed by atoms with Crippen LogP contribution in [0.15, 0.2) is 72.6 Å². The van der Waals surface area contributed by atoms with Crippen molar-refractivity contribution >= 4 is 16.6 Å². The van der Waals surface area contributed by atoms with Crippen molar-refractivity contribution in [3.63, 3.8) is 0 Å². The van der Waals surface area contributed by atoms with E-state index in [-0.39, 0.29) is 0 Å². The van der Waals surface area contributed by atoms with Crippen molar-refractivity contribution in [2.75, 3.05) is 12.4 Å². The van der Waals surface area contributed by atoms with Gasteiger partial charge < -0.3 is 10.1 Å². The quantitative estimate of drug-likeness (QED) is 0.713. The summed E-state index contributed by atoms with van der Waals surface area (Å²) in [5, 5.41) is 13.6. The molecular formula is C20H17N3O. The topological polar surface area (TPSA) is 57.9 Å². The Morgan fingerprint density at radius 3 is 2.75 bits per heavy atom. The molecule has 0 atom stereocenters. The molecule has 0 bridgehead atoms. The van der Waals surface area contributed by atoms with Gasteiger partial charge >= 0.3 is 0 Å². The maximum atomic E-state index is 9.44. The van der Waals surface area contributed by atoms with E-state index in [9.17, 15) is 5.26 Å². The summed E-state index contributed by atoms with van der Waals surface area (Å²) in [7, 11) is 1.63. The maximum absolute atomic E-state index is 9.44. The van der Waals surface area contributed by atoms with Gasteiger partial charge in [-0.3, -0.25) is 4.98 Å². The number of nitrogens with zero attached hydrogens (tertiary/aromatic N) is 2. The predicted molar refractivity (Wildman–Crippen MR) is 95.8 cm³/mol. The number of aromatic nitrogens is 1. The lowest BCUT2D eigenvalue weighted by Gasteiger charge is -2.09. The molecule has 0 saturated carbocycles. The highest BCUT2D eigenvalue weighted by atomic mass is 16.5. The summed E-state index contributed by atoms with van der Waals surface area (Å²) in [6, 6.07) is 19.8. The molecule has 0 aliphatic carbocycles. The van der Waals surface area contributed by atoms with Crippen molar-refractivity contribution in [1.29, 1.82) is 5.26 Å². The van der Waals surface area contributed by atoms with Crippen LogP contribution in [0.25, 0.3) is 10.9 Å². The number of benzene rings is 2. The first-order valence-corrected chi connectivity index (χ1v) is 7.63. The van der Waals surface area contributed by atoms with Crippen LogP contribution in [0.5, 0.6) is 5.75 Å². The Balaban J connectivity index is 1.89. The van der Waals surface area contributed by atoms with Crippen LogP contribution in [0.1, 0.15) is 5.56 Å². The zero-order chi connectivity index (χ0) is 16.8. The van der Waals surface area contributed by atoms with Gasteiger partial charge in [-0.25, -0.2) is 0 Å². The van der Waals surface area contributed by atoms with Crippen LogP contribution in [0, 0.1) is 11.3 Å². The highest BCUT2D eigenvalue weighted by molar-refractivity contribution is 5.87. The third-order valence-electron chi connectivity index (χ3n) is 3.75. The van der Waals surface area contributed by atoms with Crippen molar-refractivity contribution in [3.05, 3.63) is 78.1 Å². The molecule has 1 N–H and O–H groups in total. The summed E-state index contributed by atoms with van der Waals surface area (Å²) >= 11 is 0. The molecule has 0 aliphatic rings. The maximum Gasteiger partial charge on any atom is 0.145 e. The first kappa shape index (κ1) is 15.6. The minimum absolute atomic E-state index is 0.530. The van der Waals surface area contributed by atoms with Crippen LogP contribution in [0.2, 0.25) is 0 Å². The third kappa shape index (κ3) is 3.36. The number of nitriles is 1. The molecule has 24 heavy (non-hydrogen) atoms. The Kier molecular flexibility index (Phi) is 4.73. The molecule has 3 rings (SSSR count). The molecule has 0 fully saturated rings. The fourth-order valence-electron chi connectivity index (χ4n) is 2.56. The number of methoxy groups -OCH3 is 1. The lowest BCUT2D eigenvalue weighted by Crippen LogP contribution is -1.97. The molecule has 4 nitrogen and oxygen atoms in total. The van der Waals surface area contributed by atoms with Gasteiger partial charge in [-0.05, 0) is 29.8 Å². The van der Waals surface area contributed by atoms with Crippen LogP contribution in [-0.2, 0) is 6.42 Å². The normalized spacial score (nSPS) is 11.1. The van der Waals surface area contributed by atoms with Crippen molar-refractivity contribution in [2.45, 2.75) is 6.42 Å². The summed E-state index contributed by atoms with van der Waals surface area (Å²) in [6.45, 7) is 0. The Hall–Kier alpha value is -3.32. The van der Waals surface area contributed by atoms with E-state index in [2.05, 4.69) is 16.4 Å². The molecular weight excluding hydrogens is 298 g/mol. The molecule has 0 saturated heterocycles. The fourth-order valence-corrected chi connectivity index (χ4v) is 2.56. The van der Waals surface area contributed by atoms with E-state index in [1.807, 2.05) is 54.6 Å². The van der Waals surface area contributed by atoms with Gasteiger partial charge in [0, 0.05) is 35.5 Å². The molecule has 4 heteroatoms. The molecule has 1 aromatic heterocycles. The largest absolute Gasteiger partial charge is 0.494 e. The number of hydrogen-bond acceptors (Lipinski definition) is 4. The van der Waals surface area contributed by atoms with Gasteiger partial charge in [-0.1, -0.05) is 30.3 Å². The predicted octanol–water partition coefficient (Wildman–Crippen LogP) is 4.31. The van der Waals surface area contributed by atoms with E-state index in [0.717, 1.165) is 27.9 Å². The summed E-state index contributed by atoms with van der Waals surface area (Å²) in [5.74, 6) is 0.735. The molecule has 0 unspecified atom stereocenters. The van der Waals surface area contributed by atoms with Crippen LogP contribution in [0.3, 0.4) is 0 Å². The zero-order valence-electron chi connectivity index (χ0n) is 13.4. The number of ether oxygens (including phenoxy) is 1. The number of fused-ring (bicyclic) bond motifs is 1. The van der Waals surface area contributed by atoms with Gasteiger partial charge in [-0.15, -0.1) is 0 Å².